The lowest BCUT2D eigenvalue weighted by atomic mass is 10.2. The summed E-state index contributed by atoms with van der Waals surface area (Å²) < 4.78 is 13.3. The first-order chi connectivity index (χ1) is 15.5. The normalized spacial score (nSPS) is 13.9. The van der Waals surface area contributed by atoms with Gasteiger partial charge in [-0.25, -0.2) is 14.4 Å². The number of hydrogen-bond donors (Lipinski definition) is 1. The predicted octanol–water partition coefficient (Wildman–Crippen LogP) is 4.37. The molecule has 0 saturated carbocycles. The number of benzene rings is 2. The molecule has 166 valence electrons. The van der Waals surface area contributed by atoms with Crippen molar-refractivity contribution in [3.63, 3.8) is 0 Å². The second kappa shape index (κ2) is 11.0. The zero-order valence-corrected chi connectivity index (χ0v) is 18.7. The first-order valence-electron chi connectivity index (χ1n) is 10.8. The van der Waals surface area contributed by atoms with Gasteiger partial charge in [-0.2, -0.15) is 5.26 Å². The number of anilines is 1. The number of piperazine rings is 1. The van der Waals surface area contributed by atoms with Gasteiger partial charge in [-0.15, -0.1) is 0 Å². The zero-order chi connectivity index (χ0) is 22.9. The fraction of sp³-hybridized carbons (Fsp3) is 0.333. The molecule has 32 heavy (non-hydrogen) atoms. The molecule has 0 aliphatic carbocycles. The van der Waals surface area contributed by atoms with E-state index in [1.54, 1.807) is 12.3 Å². The van der Waals surface area contributed by atoms with Crippen molar-refractivity contribution in [3.05, 3.63) is 60.0 Å². The van der Waals surface area contributed by atoms with Crippen LogP contribution in [0.25, 0.3) is 11.0 Å². The number of para-hydroxylation sites is 1. The minimum absolute atomic E-state index is 0.321. The van der Waals surface area contributed by atoms with Crippen LogP contribution in [0.5, 0.6) is 0 Å². The van der Waals surface area contributed by atoms with Crippen molar-refractivity contribution in [2.45, 2.75) is 27.2 Å². The average Bonchev–Trinajstić information content (AvgIpc) is 2.80. The van der Waals surface area contributed by atoms with E-state index in [0.717, 1.165) is 17.1 Å². The Hall–Kier alpha value is -3.73. The van der Waals surface area contributed by atoms with Gasteiger partial charge >= 0.3 is 0 Å². The molecule has 0 bridgehead atoms. The van der Waals surface area contributed by atoms with E-state index in [1.807, 2.05) is 37.4 Å². The summed E-state index contributed by atoms with van der Waals surface area (Å²) in [5.74, 6) is 0.981. The van der Waals surface area contributed by atoms with Crippen LogP contribution in [0.2, 0.25) is 0 Å². The highest BCUT2D eigenvalue weighted by molar-refractivity contribution is 5.84. The quantitative estimate of drug-likeness (QED) is 0.280. The maximum Gasteiger partial charge on any atom is 0.212 e. The lowest BCUT2D eigenvalue weighted by Gasteiger charge is -2.36. The maximum absolute atomic E-state index is 13.3. The van der Waals surface area contributed by atoms with Gasteiger partial charge in [-0.05, 0) is 30.7 Å². The number of aryl methyl sites for hydroxylation is 1. The second-order valence-electron chi connectivity index (χ2n) is 7.50. The van der Waals surface area contributed by atoms with Crippen LogP contribution in [0.4, 0.5) is 15.9 Å². The predicted molar refractivity (Wildman–Crippen MR) is 126 cm³/mol. The van der Waals surface area contributed by atoms with Gasteiger partial charge in [0.2, 0.25) is 5.96 Å². The van der Waals surface area contributed by atoms with Gasteiger partial charge in [0.25, 0.3) is 0 Å². The molecular formula is C24H28FN7. The van der Waals surface area contributed by atoms with Crippen molar-refractivity contribution in [1.82, 2.24) is 20.2 Å². The lowest BCUT2D eigenvalue weighted by molar-refractivity contribution is 0.376. The minimum atomic E-state index is -0.321. The first-order valence-corrected chi connectivity index (χ1v) is 10.8. The van der Waals surface area contributed by atoms with Crippen LogP contribution in [0, 0.1) is 24.2 Å². The molecule has 1 fully saturated rings. The number of nitrogens with one attached hydrogen (secondary N) is 1. The molecule has 0 radical (unpaired) electrons. The summed E-state index contributed by atoms with van der Waals surface area (Å²) in [5, 5.41) is 11.9. The zero-order valence-electron chi connectivity index (χ0n) is 18.7. The third-order valence-electron chi connectivity index (χ3n) is 4.90. The largest absolute Gasteiger partial charge is 0.352 e. The Balaban J connectivity index is 0.000000913. The number of fused-ring (bicyclic) bond motifs is 1. The SMILES string of the molecule is CCC.Cc1ccccc1N=C(NC#N)N1CCN(c2cnc3cc(F)ccc3n2)CC1. The van der Waals surface area contributed by atoms with Gasteiger partial charge in [0.1, 0.15) is 11.6 Å². The summed E-state index contributed by atoms with van der Waals surface area (Å²) >= 11 is 0. The van der Waals surface area contributed by atoms with Crippen molar-refractivity contribution in [1.29, 1.82) is 5.26 Å². The molecule has 8 heteroatoms. The van der Waals surface area contributed by atoms with Crippen molar-refractivity contribution in [2.75, 3.05) is 31.1 Å². The van der Waals surface area contributed by atoms with Gasteiger partial charge in [0, 0.05) is 32.2 Å². The van der Waals surface area contributed by atoms with Crippen LogP contribution < -0.4 is 10.2 Å². The fourth-order valence-corrected chi connectivity index (χ4v) is 3.30. The van der Waals surface area contributed by atoms with Gasteiger partial charge in [0.15, 0.2) is 6.19 Å². The number of halogens is 1. The van der Waals surface area contributed by atoms with E-state index in [1.165, 1.54) is 18.6 Å². The third-order valence-corrected chi connectivity index (χ3v) is 4.90. The Morgan fingerprint density at radius 2 is 1.84 bits per heavy atom. The molecule has 2 heterocycles. The monoisotopic (exact) mass is 433 g/mol. The summed E-state index contributed by atoms with van der Waals surface area (Å²) in [6.07, 6.45) is 4.91. The van der Waals surface area contributed by atoms with Crippen LogP contribution >= 0.6 is 0 Å². The van der Waals surface area contributed by atoms with Gasteiger partial charge in [0.05, 0.1) is 22.9 Å². The molecular weight excluding hydrogens is 405 g/mol. The van der Waals surface area contributed by atoms with Crippen LogP contribution in [0.1, 0.15) is 25.8 Å². The van der Waals surface area contributed by atoms with Crippen molar-refractivity contribution in [2.24, 2.45) is 4.99 Å². The molecule has 7 nitrogen and oxygen atoms in total. The lowest BCUT2D eigenvalue weighted by Crippen LogP contribution is -2.52. The first kappa shape index (κ1) is 22.9. The number of rotatable bonds is 2. The van der Waals surface area contributed by atoms with E-state index in [-0.39, 0.29) is 5.82 Å². The number of hydrogen-bond acceptors (Lipinski definition) is 5. The Kier molecular flexibility index (Phi) is 7.92. The third kappa shape index (κ3) is 5.70. The molecule has 1 saturated heterocycles. The molecule has 4 rings (SSSR count). The number of guanidine groups is 1. The highest BCUT2D eigenvalue weighted by Crippen LogP contribution is 2.20. The summed E-state index contributed by atoms with van der Waals surface area (Å²) in [7, 11) is 0. The molecule has 1 aromatic heterocycles. The molecule has 0 atom stereocenters. The van der Waals surface area contributed by atoms with Gasteiger partial charge in [-0.3, -0.25) is 10.3 Å². The molecule has 1 N–H and O–H groups in total. The molecule has 0 unspecified atom stereocenters. The van der Waals surface area contributed by atoms with Crippen LogP contribution in [0.15, 0.2) is 53.7 Å². The molecule has 3 aromatic rings. The summed E-state index contributed by atoms with van der Waals surface area (Å²) in [5.41, 5.74) is 3.09. The molecule has 1 aliphatic heterocycles. The summed E-state index contributed by atoms with van der Waals surface area (Å²) in [4.78, 5) is 17.8. The Morgan fingerprint density at radius 3 is 2.53 bits per heavy atom. The van der Waals surface area contributed by atoms with Gasteiger partial charge < -0.3 is 9.80 Å². The average molecular weight is 434 g/mol. The van der Waals surface area contributed by atoms with E-state index >= 15 is 0 Å². The number of aromatic nitrogens is 2. The van der Waals surface area contributed by atoms with E-state index in [4.69, 9.17) is 5.26 Å². The number of aliphatic imine (C=N–C) groups is 1. The Morgan fingerprint density at radius 1 is 1.12 bits per heavy atom. The molecule has 0 spiro atoms. The van der Waals surface area contributed by atoms with Crippen molar-refractivity contribution < 1.29 is 4.39 Å². The molecule has 1 aliphatic rings. The summed E-state index contributed by atoms with van der Waals surface area (Å²) in [6, 6.07) is 12.2. The fourth-order valence-electron chi connectivity index (χ4n) is 3.30. The number of nitrogens with zero attached hydrogens (tertiary/aromatic N) is 6. The molecule has 2 aromatic carbocycles. The minimum Gasteiger partial charge on any atom is -0.352 e. The van der Waals surface area contributed by atoms with E-state index in [0.29, 0.717) is 43.2 Å². The highest BCUT2D eigenvalue weighted by atomic mass is 19.1. The Labute approximate surface area is 188 Å². The van der Waals surface area contributed by atoms with Crippen LogP contribution in [-0.4, -0.2) is 47.0 Å². The van der Waals surface area contributed by atoms with Crippen molar-refractivity contribution in [3.8, 4) is 6.19 Å². The second-order valence-corrected chi connectivity index (χ2v) is 7.50. The smallest absolute Gasteiger partial charge is 0.212 e. The van der Waals surface area contributed by atoms with Crippen LogP contribution in [-0.2, 0) is 0 Å². The standard InChI is InChI=1S/C21H20FN7.C3H8/c1-15-4-2-3-5-17(15)27-21(25-14-23)29-10-8-28(9-11-29)20-13-24-19-12-16(22)6-7-18(19)26-20;1-3-2/h2-7,12-13H,8-11H2,1H3,(H,25,27);3H2,1-2H3. The molecule has 0 amide bonds. The van der Waals surface area contributed by atoms with E-state index < -0.39 is 0 Å². The van der Waals surface area contributed by atoms with E-state index in [2.05, 4.69) is 43.9 Å². The number of nitriles is 1. The van der Waals surface area contributed by atoms with Crippen molar-refractivity contribution >= 4 is 28.5 Å². The Bertz CT molecular complexity index is 1110. The van der Waals surface area contributed by atoms with E-state index in [9.17, 15) is 4.39 Å². The van der Waals surface area contributed by atoms with Gasteiger partial charge in [-0.1, -0.05) is 38.5 Å². The highest BCUT2D eigenvalue weighted by Gasteiger charge is 2.21. The van der Waals surface area contributed by atoms with Crippen LogP contribution in [0.3, 0.4) is 0 Å². The topological polar surface area (TPSA) is 80.4 Å². The maximum atomic E-state index is 13.3. The summed E-state index contributed by atoms with van der Waals surface area (Å²) in [6.45, 7) is 9.03.